The number of hydrogen-bond donors (Lipinski definition) is 0. The summed E-state index contributed by atoms with van der Waals surface area (Å²) >= 11 is 0. The number of carbonyl (C=O) groups excluding carboxylic acids is 2. The van der Waals surface area contributed by atoms with Crippen molar-refractivity contribution in [2.45, 2.75) is 52.2 Å². The van der Waals surface area contributed by atoms with Crippen LogP contribution in [0.4, 0.5) is 4.79 Å². The molecule has 1 aromatic rings. The molecule has 0 spiro atoms. The van der Waals surface area contributed by atoms with Crippen molar-refractivity contribution in [3.05, 3.63) is 48.2 Å². The van der Waals surface area contributed by atoms with E-state index >= 15 is 0 Å². The first-order valence-corrected chi connectivity index (χ1v) is 8.60. The molecule has 5 nitrogen and oxygen atoms in total. The minimum Gasteiger partial charge on any atom is -0.464 e. The van der Waals surface area contributed by atoms with E-state index < -0.39 is 23.2 Å². The second-order valence-corrected chi connectivity index (χ2v) is 7.36. The van der Waals surface area contributed by atoms with Crippen LogP contribution in [-0.4, -0.2) is 34.7 Å². The van der Waals surface area contributed by atoms with E-state index in [0.29, 0.717) is 6.42 Å². The molecule has 0 N–H and O–H groups in total. The average molecular weight is 345 g/mol. The molecule has 0 radical (unpaired) electrons. The minimum absolute atomic E-state index is 0.193. The van der Waals surface area contributed by atoms with Crippen LogP contribution in [0, 0.1) is 5.92 Å². The zero-order chi connectivity index (χ0) is 18.7. The fraction of sp³-hybridized carbons (Fsp3) is 0.500. The SMILES string of the molecule is CCOC(=O)C1(C)C(Cc2ccccc2)C=CN1C(=O)OC(C)(C)C. The van der Waals surface area contributed by atoms with E-state index in [1.165, 1.54) is 4.90 Å². The summed E-state index contributed by atoms with van der Waals surface area (Å²) in [6.45, 7) is 9.15. The Bertz CT molecular complexity index is 647. The number of benzene rings is 1. The van der Waals surface area contributed by atoms with Crippen molar-refractivity contribution in [2.75, 3.05) is 6.61 Å². The molecule has 2 atom stereocenters. The van der Waals surface area contributed by atoms with Crippen molar-refractivity contribution < 1.29 is 19.1 Å². The molecule has 1 aliphatic rings. The molecular weight excluding hydrogens is 318 g/mol. The average Bonchev–Trinajstić information content (AvgIpc) is 2.85. The maximum Gasteiger partial charge on any atom is 0.415 e. The molecule has 0 aromatic heterocycles. The third kappa shape index (κ3) is 4.21. The number of nitrogens with zero attached hydrogens (tertiary/aromatic N) is 1. The number of ether oxygens (including phenoxy) is 2. The maximum absolute atomic E-state index is 12.7. The summed E-state index contributed by atoms with van der Waals surface area (Å²) in [5, 5.41) is 0. The summed E-state index contributed by atoms with van der Waals surface area (Å²) in [6.07, 6.45) is 3.60. The Balaban J connectivity index is 2.30. The molecule has 5 heteroatoms. The molecule has 0 aliphatic carbocycles. The Hall–Kier alpha value is -2.30. The molecule has 1 amide bonds. The van der Waals surface area contributed by atoms with E-state index in [1.807, 2.05) is 36.4 Å². The Kier molecular flexibility index (Phi) is 5.55. The smallest absolute Gasteiger partial charge is 0.415 e. The van der Waals surface area contributed by atoms with Gasteiger partial charge in [0.25, 0.3) is 0 Å². The topological polar surface area (TPSA) is 55.8 Å². The van der Waals surface area contributed by atoms with Gasteiger partial charge in [-0.2, -0.15) is 0 Å². The van der Waals surface area contributed by atoms with Crippen molar-refractivity contribution >= 4 is 12.1 Å². The van der Waals surface area contributed by atoms with Crippen LogP contribution in [0.3, 0.4) is 0 Å². The highest BCUT2D eigenvalue weighted by molar-refractivity contribution is 5.88. The molecule has 0 saturated heterocycles. The van der Waals surface area contributed by atoms with Gasteiger partial charge in [0.15, 0.2) is 5.54 Å². The maximum atomic E-state index is 12.7. The van der Waals surface area contributed by atoms with E-state index in [1.54, 1.807) is 40.8 Å². The number of amides is 1. The number of hydrogen-bond acceptors (Lipinski definition) is 4. The lowest BCUT2D eigenvalue weighted by Crippen LogP contribution is -2.56. The van der Waals surface area contributed by atoms with Crippen LogP contribution in [0.1, 0.15) is 40.2 Å². The second kappa shape index (κ2) is 7.30. The third-order valence-corrected chi connectivity index (χ3v) is 4.27. The summed E-state index contributed by atoms with van der Waals surface area (Å²) in [5.41, 5.74) is -0.676. The molecule has 2 unspecified atom stereocenters. The van der Waals surface area contributed by atoms with Crippen LogP contribution in [-0.2, 0) is 20.7 Å². The largest absolute Gasteiger partial charge is 0.464 e. The molecule has 1 aliphatic heterocycles. The highest BCUT2D eigenvalue weighted by Gasteiger charge is 2.52. The van der Waals surface area contributed by atoms with Gasteiger partial charge < -0.3 is 9.47 Å². The monoisotopic (exact) mass is 345 g/mol. The molecule has 0 saturated carbocycles. The van der Waals surface area contributed by atoms with Crippen molar-refractivity contribution in [3.8, 4) is 0 Å². The summed E-state index contributed by atoms with van der Waals surface area (Å²) in [7, 11) is 0. The fourth-order valence-corrected chi connectivity index (χ4v) is 2.93. The number of esters is 1. The minimum atomic E-state index is -1.13. The Labute approximate surface area is 149 Å². The lowest BCUT2D eigenvalue weighted by Gasteiger charge is -2.37. The first kappa shape index (κ1) is 19.0. The Morgan fingerprint density at radius 2 is 1.84 bits per heavy atom. The van der Waals surface area contributed by atoms with Crippen LogP contribution >= 0.6 is 0 Å². The fourth-order valence-electron chi connectivity index (χ4n) is 2.93. The summed E-state index contributed by atoms with van der Waals surface area (Å²) < 4.78 is 10.8. The predicted molar refractivity (Wildman–Crippen MR) is 95.9 cm³/mol. The van der Waals surface area contributed by atoms with Gasteiger partial charge in [0.1, 0.15) is 5.60 Å². The standard InChI is InChI=1S/C20H27NO4/c1-6-24-17(22)20(5)16(14-15-10-8-7-9-11-15)12-13-21(20)18(23)25-19(2,3)4/h7-13,16H,6,14H2,1-5H3. The van der Waals surface area contributed by atoms with E-state index in [9.17, 15) is 9.59 Å². The Morgan fingerprint density at radius 3 is 2.40 bits per heavy atom. The molecule has 0 fully saturated rings. The summed E-state index contributed by atoms with van der Waals surface area (Å²) in [4.78, 5) is 26.7. The predicted octanol–water partition coefficient (Wildman–Crippen LogP) is 3.93. The van der Waals surface area contributed by atoms with E-state index in [-0.39, 0.29) is 12.5 Å². The van der Waals surface area contributed by atoms with Gasteiger partial charge in [-0.1, -0.05) is 36.4 Å². The highest BCUT2D eigenvalue weighted by Crippen LogP contribution is 2.37. The molecule has 136 valence electrons. The van der Waals surface area contributed by atoms with Crippen LogP contribution < -0.4 is 0 Å². The van der Waals surface area contributed by atoms with Gasteiger partial charge in [-0.15, -0.1) is 0 Å². The van der Waals surface area contributed by atoms with E-state index in [0.717, 1.165) is 5.56 Å². The molecular formula is C20H27NO4. The first-order valence-electron chi connectivity index (χ1n) is 8.60. The van der Waals surface area contributed by atoms with Gasteiger partial charge in [-0.3, -0.25) is 4.90 Å². The summed E-state index contributed by atoms with van der Waals surface area (Å²) in [5.74, 6) is -0.617. The highest BCUT2D eigenvalue weighted by atomic mass is 16.6. The summed E-state index contributed by atoms with van der Waals surface area (Å²) in [6, 6.07) is 9.89. The molecule has 2 rings (SSSR count). The third-order valence-electron chi connectivity index (χ3n) is 4.27. The molecule has 0 bridgehead atoms. The van der Waals surface area contributed by atoms with Gasteiger partial charge >= 0.3 is 12.1 Å². The van der Waals surface area contributed by atoms with Crippen molar-refractivity contribution in [3.63, 3.8) is 0 Å². The zero-order valence-electron chi connectivity index (χ0n) is 15.6. The number of carbonyl (C=O) groups is 2. The zero-order valence-corrected chi connectivity index (χ0v) is 15.6. The van der Waals surface area contributed by atoms with Crippen molar-refractivity contribution in [1.82, 2.24) is 4.90 Å². The van der Waals surface area contributed by atoms with Crippen LogP contribution in [0.15, 0.2) is 42.6 Å². The van der Waals surface area contributed by atoms with Crippen LogP contribution in [0.25, 0.3) is 0 Å². The van der Waals surface area contributed by atoms with Crippen molar-refractivity contribution in [2.24, 2.45) is 5.92 Å². The van der Waals surface area contributed by atoms with Gasteiger partial charge in [0, 0.05) is 12.1 Å². The number of rotatable bonds is 4. The van der Waals surface area contributed by atoms with Crippen LogP contribution in [0.5, 0.6) is 0 Å². The second-order valence-electron chi connectivity index (χ2n) is 7.36. The normalized spacial score (nSPS) is 22.8. The molecule has 1 aromatic carbocycles. The molecule has 25 heavy (non-hydrogen) atoms. The van der Waals surface area contributed by atoms with Crippen molar-refractivity contribution in [1.29, 1.82) is 0 Å². The van der Waals surface area contributed by atoms with Gasteiger partial charge in [-0.25, -0.2) is 9.59 Å². The quantitative estimate of drug-likeness (QED) is 0.776. The van der Waals surface area contributed by atoms with E-state index in [2.05, 4.69) is 0 Å². The Morgan fingerprint density at radius 1 is 1.20 bits per heavy atom. The van der Waals surface area contributed by atoms with Gasteiger partial charge in [-0.05, 0) is 46.6 Å². The lowest BCUT2D eigenvalue weighted by molar-refractivity contribution is -0.156. The molecule has 1 heterocycles. The van der Waals surface area contributed by atoms with Gasteiger partial charge in [0.05, 0.1) is 6.61 Å². The van der Waals surface area contributed by atoms with E-state index in [4.69, 9.17) is 9.47 Å². The van der Waals surface area contributed by atoms with Gasteiger partial charge in [0.2, 0.25) is 0 Å². The first-order chi connectivity index (χ1) is 11.7. The van der Waals surface area contributed by atoms with Crippen LogP contribution in [0.2, 0.25) is 0 Å². The lowest BCUT2D eigenvalue weighted by atomic mass is 9.82.